The van der Waals surface area contributed by atoms with Crippen LogP contribution in [-0.2, 0) is 19.6 Å². The fraction of sp³-hybridized carbons (Fsp3) is 0.462. The molecule has 106 valence electrons. The number of carbonyl (C=O) groups excluding carboxylic acids is 1. The summed E-state index contributed by atoms with van der Waals surface area (Å²) >= 11 is 0. The molecule has 1 unspecified atom stereocenters. The largest absolute Gasteiger partial charge is 0.468 e. The summed E-state index contributed by atoms with van der Waals surface area (Å²) in [4.78, 5) is 11.8. The maximum absolute atomic E-state index is 12.1. The Morgan fingerprint density at radius 3 is 2.16 bits per heavy atom. The molecule has 1 atom stereocenters. The Hall–Kier alpha value is -1.40. The second-order valence-electron chi connectivity index (χ2n) is 5.10. The Kier molecular flexibility index (Phi) is 4.70. The van der Waals surface area contributed by atoms with Crippen molar-refractivity contribution in [2.24, 2.45) is 0 Å². The number of hydrogen-bond acceptors (Lipinski definition) is 4. The van der Waals surface area contributed by atoms with Crippen LogP contribution in [-0.4, -0.2) is 26.2 Å². The number of hydrogen-bond donors (Lipinski definition) is 1. The van der Waals surface area contributed by atoms with Crippen LogP contribution < -0.4 is 4.72 Å². The van der Waals surface area contributed by atoms with E-state index >= 15 is 0 Å². The van der Waals surface area contributed by atoms with Crippen LogP contribution >= 0.6 is 0 Å². The molecule has 0 amide bonds. The summed E-state index contributed by atoms with van der Waals surface area (Å²) in [5, 5.41) is 0. The van der Waals surface area contributed by atoms with E-state index in [9.17, 15) is 13.2 Å². The van der Waals surface area contributed by atoms with Crippen molar-refractivity contribution in [3.63, 3.8) is 0 Å². The van der Waals surface area contributed by atoms with Crippen LogP contribution in [0.5, 0.6) is 0 Å². The summed E-state index contributed by atoms with van der Waals surface area (Å²) in [6.07, 6.45) is 0. The van der Waals surface area contributed by atoms with Crippen molar-refractivity contribution in [3.8, 4) is 0 Å². The molecule has 1 rings (SSSR count). The number of sulfonamides is 1. The van der Waals surface area contributed by atoms with Crippen molar-refractivity contribution >= 4 is 16.0 Å². The topological polar surface area (TPSA) is 72.5 Å². The number of methoxy groups -OCH3 is 1. The number of carbonyl (C=O) groups is 1. The fourth-order valence-electron chi connectivity index (χ4n) is 1.35. The number of esters is 1. The summed E-state index contributed by atoms with van der Waals surface area (Å²) in [6, 6.07) is 7.57. The molecule has 1 aromatic rings. The maximum Gasteiger partial charge on any atom is 0.328 e. The maximum atomic E-state index is 12.1. The zero-order valence-corrected chi connectivity index (χ0v) is 12.3. The zero-order valence-electron chi connectivity index (χ0n) is 11.5. The number of nitrogens with one attached hydrogen (secondary N) is 1. The molecule has 1 aromatic carbocycles. The highest BCUT2D eigenvalue weighted by Crippen LogP contribution is 2.20. The fourth-order valence-corrected chi connectivity index (χ4v) is 2.24. The number of rotatable bonds is 4. The highest BCUT2D eigenvalue weighted by Gasteiger charge is 2.34. The van der Waals surface area contributed by atoms with Gasteiger partial charge in [0.25, 0.3) is 0 Å². The Balaban J connectivity index is 3.12. The quantitative estimate of drug-likeness (QED) is 0.853. The summed E-state index contributed by atoms with van der Waals surface area (Å²) in [5.74, 6) is -0.640. The first-order chi connectivity index (χ1) is 8.69. The van der Waals surface area contributed by atoms with Gasteiger partial charge in [-0.1, -0.05) is 30.3 Å². The van der Waals surface area contributed by atoms with Gasteiger partial charge in [-0.2, -0.15) is 4.72 Å². The summed E-state index contributed by atoms with van der Waals surface area (Å²) in [6.45, 7) is 4.69. The Morgan fingerprint density at radius 2 is 1.74 bits per heavy atom. The summed E-state index contributed by atoms with van der Waals surface area (Å²) < 4.78 is 30.3. The smallest absolute Gasteiger partial charge is 0.328 e. The van der Waals surface area contributed by atoms with Gasteiger partial charge in [-0.25, -0.2) is 13.2 Å². The van der Waals surface area contributed by atoms with E-state index in [-0.39, 0.29) is 0 Å². The minimum Gasteiger partial charge on any atom is -0.468 e. The average Bonchev–Trinajstić information content (AvgIpc) is 2.35. The Bertz CT molecular complexity index is 532. The minimum absolute atomic E-state index is 0.544. The molecule has 0 saturated heterocycles. The molecule has 0 bridgehead atoms. The van der Waals surface area contributed by atoms with E-state index in [4.69, 9.17) is 0 Å². The molecule has 0 saturated carbocycles. The van der Waals surface area contributed by atoms with E-state index in [2.05, 4.69) is 9.46 Å². The van der Waals surface area contributed by atoms with Crippen LogP contribution in [0, 0.1) is 0 Å². The predicted octanol–water partition coefficient (Wildman–Crippen LogP) is 1.62. The second kappa shape index (κ2) is 5.71. The van der Waals surface area contributed by atoms with Gasteiger partial charge in [0.2, 0.25) is 10.0 Å². The third-order valence-corrected chi connectivity index (χ3v) is 4.81. The van der Waals surface area contributed by atoms with Gasteiger partial charge in [-0.05, 0) is 26.3 Å². The molecule has 0 spiro atoms. The van der Waals surface area contributed by atoms with E-state index in [0.717, 1.165) is 0 Å². The molecule has 1 N–H and O–H groups in total. The predicted molar refractivity (Wildman–Crippen MR) is 73.0 cm³/mol. The molecule has 0 aliphatic carbocycles. The highest BCUT2D eigenvalue weighted by atomic mass is 32.2. The molecule has 0 aliphatic rings. The molecule has 0 fully saturated rings. The van der Waals surface area contributed by atoms with Gasteiger partial charge in [0, 0.05) is 0 Å². The number of benzene rings is 1. The third-order valence-electron chi connectivity index (χ3n) is 2.65. The molecule has 0 aliphatic heterocycles. The Labute approximate surface area is 114 Å². The lowest BCUT2D eigenvalue weighted by molar-refractivity contribution is -0.142. The second-order valence-corrected chi connectivity index (χ2v) is 7.57. The molecule has 5 nitrogen and oxygen atoms in total. The van der Waals surface area contributed by atoms with Crippen molar-refractivity contribution < 1.29 is 17.9 Å². The molecule has 6 heteroatoms. The van der Waals surface area contributed by atoms with Crippen LogP contribution in [0.15, 0.2) is 30.3 Å². The first-order valence-corrected chi connectivity index (χ1v) is 7.32. The van der Waals surface area contributed by atoms with Crippen LogP contribution in [0.25, 0.3) is 0 Å². The summed E-state index contributed by atoms with van der Waals surface area (Å²) in [5.41, 5.74) is 0.544. The monoisotopic (exact) mass is 285 g/mol. The molecular formula is C13H19NO4S. The van der Waals surface area contributed by atoms with Crippen LogP contribution in [0.3, 0.4) is 0 Å². The number of ether oxygens (including phenoxy) is 1. The first kappa shape index (κ1) is 15.7. The van der Waals surface area contributed by atoms with Crippen molar-refractivity contribution in [1.29, 1.82) is 0 Å². The van der Waals surface area contributed by atoms with Crippen molar-refractivity contribution in [2.45, 2.75) is 31.6 Å². The average molecular weight is 285 g/mol. The van der Waals surface area contributed by atoms with Gasteiger partial charge >= 0.3 is 5.97 Å². The zero-order chi connectivity index (χ0) is 14.7. The van der Waals surface area contributed by atoms with E-state index in [1.54, 1.807) is 51.1 Å². The van der Waals surface area contributed by atoms with Crippen molar-refractivity contribution in [3.05, 3.63) is 35.9 Å². The van der Waals surface area contributed by atoms with Gasteiger partial charge in [-0.3, -0.25) is 0 Å². The normalized spacial score (nSPS) is 13.9. The summed E-state index contributed by atoms with van der Waals surface area (Å²) in [7, 11) is -2.43. The molecule has 19 heavy (non-hydrogen) atoms. The standard InChI is InChI=1S/C13H19NO4S/c1-13(2,3)19(16,17)14-11(12(15)18-4)10-8-6-5-7-9-10/h5-9,11,14H,1-4H3. The van der Waals surface area contributed by atoms with Crippen molar-refractivity contribution in [2.75, 3.05) is 7.11 Å². The van der Waals surface area contributed by atoms with Gasteiger partial charge < -0.3 is 4.74 Å². The lowest BCUT2D eigenvalue weighted by atomic mass is 10.1. The first-order valence-electron chi connectivity index (χ1n) is 5.83. The van der Waals surface area contributed by atoms with E-state index in [1.807, 2.05) is 0 Å². The van der Waals surface area contributed by atoms with E-state index in [0.29, 0.717) is 5.56 Å². The van der Waals surface area contributed by atoms with Crippen LogP contribution in [0.2, 0.25) is 0 Å². The molecule has 0 radical (unpaired) electrons. The molecular weight excluding hydrogens is 266 g/mol. The van der Waals surface area contributed by atoms with Gasteiger partial charge in [0.05, 0.1) is 11.9 Å². The SMILES string of the molecule is COC(=O)C(NS(=O)(=O)C(C)(C)C)c1ccccc1. The van der Waals surface area contributed by atoms with Crippen molar-refractivity contribution in [1.82, 2.24) is 4.72 Å². The highest BCUT2D eigenvalue weighted by molar-refractivity contribution is 7.90. The van der Waals surface area contributed by atoms with Crippen LogP contribution in [0.4, 0.5) is 0 Å². The molecule has 0 aromatic heterocycles. The Morgan fingerprint density at radius 1 is 1.21 bits per heavy atom. The molecule has 0 heterocycles. The van der Waals surface area contributed by atoms with Gasteiger partial charge in [0.15, 0.2) is 0 Å². The van der Waals surface area contributed by atoms with E-state index in [1.165, 1.54) is 7.11 Å². The van der Waals surface area contributed by atoms with Gasteiger partial charge in [-0.15, -0.1) is 0 Å². The lowest BCUT2D eigenvalue weighted by Gasteiger charge is -2.24. The minimum atomic E-state index is -3.65. The van der Waals surface area contributed by atoms with E-state index < -0.39 is 26.8 Å². The van der Waals surface area contributed by atoms with Crippen LogP contribution in [0.1, 0.15) is 32.4 Å². The lowest BCUT2D eigenvalue weighted by Crippen LogP contribution is -2.43. The third kappa shape index (κ3) is 3.78. The van der Waals surface area contributed by atoms with Gasteiger partial charge in [0.1, 0.15) is 6.04 Å².